The first-order valence-corrected chi connectivity index (χ1v) is 4.82. The molecule has 0 bridgehead atoms. The molecule has 0 saturated heterocycles. The fourth-order valence-corrected chi connectivity index (χ4v) is 0.677. The van der Waals surface area contributed by atoms with Gasteiger partial charge in [0.15, 0.2) is 13.2 Å². The minimum absolute atomic E-state index is 0.440. The van der Waals surface area contributed by atoms with Crippen molar-refractivity contribution in [1.29, 1.82) is 0 Å². The maximum atomic E-state index is 10.8. The molecule has 108 valence electrons. The Morgan fingerprint density at radius 1 is 0.684 bits per heavy atom. The van der Waals surface area contributed by atoms with E-state index in [1.54, 1.807) is 0 Å². The third-order valence-electron chi connectivity index (χ3n) is 1.32. The Bertz CT molecular complexity index is 304. The minimum atomic E-state index is -1.30. The van der Waals surface area contributed by atoms with Gasteiger partial charge in [0.25, 0.3) is 0 Å². The number of carbonyl (C=O) groups excluding carboxylic acids is 2. The monoisotopic (exact) mass is 280 g/mol. The van der Waals surface area contributed by atoms with Gasteiger partial charge in [0.2, 0.25) is 0 Å². The molecule has 0 aliphatic rings. The van der Waals surface area contributed by atoms with Gasteiger partial charge in [-0.15, -0.1) is 0 Å². The Morgan fingerprint density at radius 2 is 1.05 bits per heavy atom. The number of carboxylic acid groups (broad SMARTS) is 2. The van der Waals surface area contributed by atoms with Crippen LogP contribution in [0, 0.1) is 0 Å². The Morgan fingerprint density at radius 3 is 1.37 bits per heavy atom. The number of carbonyl (C=O) groups is 4. The zero-order valence-corrected chi connectivity index (χ0v) is 9.70. The number of ether oxygens (including phenoxy) is 4. The van der Waals surface area contributed by atoms with Crippen molar-refractivity contribution in [3.05, 3.63) is 0 Å². The van der Waals surface area contributed by atoms with Crippen LogP contribution in [0.5, 0.6) is 0 Å². The smallest absolute Gasteiger partial charge is 0.341 e. The molecule has 0 saturated carbocycles. The molecule has 0 spiro atoms. The van der Waals surface area contributed by atoms with Crippen molar-refractivity contribution in [2.24, 2.45) is 0 Å². The van der Waals surface area contributed by atoms with Gasteiger partial charge in [0, 0.05) is 0 Å². The van der Waals surface area contributed by atoms with E-state index in [0.717, 1.165) is 0 Å². The Balaban J connectivity index is 3.44. The lowest BCUT2D eigenvalue weighted by Gasteiger charge is -2.05. The molecule has 0 fully saturated rings. The molecule has 19 heavy (non-hydrogen) atoms. The SMILES string of the molecule is O=C(O)COC(=O)COCOCC(=O)OCC(=O)O. The number of hydrogen-bond donors (Lipinski definition) is 2. The summed E-state index contributed by atoms with van der Waals surface area (Å²) in [4.78, 5) is 41.7. The number of esters is 2. The lowest BCUT2D eigenvalue weighted by atomic mass is 10.7. The summed E-state index contributed by atoms with van der Waals surface area (Å²) in [6, 6.07) is 0. The van der Waals surface area contributed by atoms with E-state index >= 15 is 0 Å². The highest BCUT2D eigenvalue weighted by atomic mass is 16.7. The van der Waals surface area contributed by atoms with Crippen molar-refractivity contribution in [3.63, 3.8) is 0 Å². The van der Waals surface area contributed by atoms with Gasteiger partial charge in [-0.1, -0.05) is 0 Å². The van der Waals surface area contributed by atoms with Gasteiger partial charge in [-0.25, -0.2) is 19.2 Å². The number of aliphatic carboxylic acids is 2. The third kappa shape index (κ3) is 12.1. The third-order valence-corrected chi connectivity index (χ3v) is 1.32. The fourth-order valence-electron chi connectivity index (χ4n) is 0.677. The highest BCUT2D eigenvalue weighted by Crippen LogP contribution is 1.86. The van der Waals surface area contributed by atoms with E-state index in [9.17, 15) is 19.2 Å². The highest BCUT2D eigenvalue weighted by molar-refractivity contribution is 5.76. The maximum absolute atomic E-state index is 10.8. The molecule has 10 heteroatoms. The standard InChI is InChI=1S/C9H12O10/c10-6(11)1-18-8(14)3-16-5-17-4-9(15)19-2-7(12)13/h1-5H2,(H,10,11)(H,12,13). The molecule has 0 unspecified atom stereocenters. The fraction of sp³-hybridized carbons (Fsp3) is 0.556. The first-order valence-electron chi connectivity index (χ1n) is 4.82. The lowest BCUT2D eigenvalue weighted by molar-refractivity contribution is -0.167. The van der Waals surface area contributed by atoms with Gasteiger partial charge in [0.05, 0.1) is 0 Å². The lowest BCUT2D eigenvalue weighted by Crippen LogP contribution is -2.20. The van der Waals surface area contributed by atoms with E-state index in [-0.39, 0.29) is 0 Å². The Hall–Kier alpha value is -2.20. The van der Waals surface area contributed by atoms with E-state index in [0.29, 0.717) is 0 Å². The molecule has 2 N–H and O–H groups in total. The average molecular weight is 280 g/mol. The molecule has 0 aliphatic heterocycles. The van der Waals surface area contributed by atoms with Gasteiger partial charge in [0.1, 0.15) is 20.0 Å². The first kappa shape index (κ1) is 16.8. The summed E-state index contributed by atoms with van der Waals surface area (Å²) in [5.41, 5.74) is 0. The van der Waals surface area contributed by atoms with Crippen molar-refractivity contribution in [1.82, 2.24) is 0 Å². The molecule has 0 aliphatic carbocycles. The molecule has 0 radical (unpaired) electrons. The van der Waals surface area contributed by atoms with Crippen LogP contribution in [-0.4, -0.2) is 67.3 Å². The van der Waals surface area contributed by atoms with E-state index in [4.69, 9.17) is 10.2 Å². The van der Waals surface area contributed by atoms with Crippen LogP contribution in [0.2, 0.25) is 0 Å². The summed E-state index contributed by atoms with van der Waals surface area (Å²) in [5, 5.41) is 16.4. The second-order valence-electron chi connectivity index (χ2n) is 2.92. The zero-order valence-electron chi connectivity index (χ0n) is 9.70. The summed E-state index contributed by atoms with van der Waals surface area (Å²) < 4.78 is 17.6. The van der Waals surface area contributed by atoms with Gasteiger partial charge in [-0.05, 0) is 0 Å². The predicted molar refractivity (Wildman–Crippen MR) is 54.0 cm³/mol. The zero-order chi connectivity index (χ0) is 14.7. The van der Waals surface area contributed by atoms with Crippen LogP contribution in [0.3, 0.4) is 0 Å². The van der Waals surface area contributed by atoms with Crippen LogP contribution in [0.25, 0.3) is 0 Å². The largest absolute Gasteiger partial charge is 0.479 e. The topological polar surface area (TPSA) is 146 Å². The van der Waals surface area contributed by atoms with E-state index in [2.05, 4.69) is 18.9 Å². The van der Waals surface area contributed by atoms with Crippen LogP contribution in [0.15, 0.2) is 0 Å². The normalized spacial score (nSPS) is 9.68. The molecular weight excluding hydrogens is 268 g/mol. The van der Waals surface area contributed by atoms with Crippen LogP contribution in [0.1, 0.15) is 0 Å². The van der Waals surface area contributed by atoms with Crippen molar-refractivity contribution in [2.45, 2.75) is 0 Å². The van der Waals surface area contributed by atoms with Crippen LogP contribution in [-0.2, 0) is 38.1 Å². The first-order chi connectivity index (χ1) is 8.91. The molecular formula is C9H12O10. The summed E-state index contributed by atoms with van der Waals surface area (Å²) >= 11 is 0. The van der Waals surface area contributed by atoms with Crippen LogP contribution >= 0.6 is 0 Å². The molecule has 0 amide bonds. The minimum Gasteiger partial charge on any atom is -0.479 e. The Labute approximate surface area is 106 Å². The van der Waals surface area contributed by atoms with E-state index < -0.39 is 57.1 Å². The molecule has 0 heterocycles. The molecule has 0 aromatic carbocycles. The van der Waals surface area contributed by atoms with Gasteiger partial charge < -0.3 is 29.2 Å². The quantitative estimate of drug-likeness (QED) is 0.268. The summed E-state index contributed by atoms with van der Waals surface area (Å²) in [5.74, 6) is -4.41. The summed E-state index contributed by atoms with van der Waals surface area (Å²) in [6.07, 6.45) is 0. The number of rotatable bonds is 10. The van der Waals surface area contributed by atoms with Gasteiger partial charge >= 0.3 is 23.9 Å². The van der Waals surface area contributed by atoms with E-state index in [1.165, 1.54) is 0 Å². The molecule has 0 atom stereocenters. The van der Waals surface area contributed by atoms with E-state index in [1.807, 2.05) is 0 Å². The van der Waals surface area contributed by atoms with Gasteiger partial charge in [-0.3, -0.25) is 0 Å². The number of carboxylic acids is 2. The van der Waals surface area contributed by atoms with Gasteiger partial charge in [-0.2, -0.15) is 0 Å². The Kier molecular flexibility index (Phi) is 8.66. The molecule has 10 nitrogen and oxygen atoms in total. The van der Waals surface area contributed by atoms with Crippen molar-refractivity contribution in [3.8, 4) is 0 Å². The number of hydrogen-bond acceptors (Lipinski definition) is 8. The molecule has 0 rings (SSSR count). The molecule has 0 aromatic heterocycles. The second-order valence-corrected chi connectivity index (χ2v) is 2.92. The summed E-state index contributed by atoms with van der Waals surface area (Å²) in [7, 11) is 0. The van der Waals surface area contributed by atoms with Crippen LogP contribution < -0.4 is 0 Å². The van der Waals surface area contributed by atoms with Crippen molar-refractivity contribution in [2.75, 3.05) is 33.2 Å². The molecule has 0 aromatic rings. The van der Waals surface area contributed by atoms with Crippen LogP contribution in [0.4, 0.5) is 0 Å². The van der Waals surface area contributed by atoms with Crippen molar-refractivity contribution >= 4 is 23.9 Å². The maximum Gasteiger partial charge on any atom is 0.341 e. The summed E-state index contributed by atoms with van der Waals surface area (Å²) in [6.45, 7) is -3.08. The predicted octanol–water partition coefficient (Wildman–Crippen LogP) is -1.77. The highest BCUT2D eigenvalue weighted by Gasteiger charge is 2.08. The second kappa shape index (κ2) is 9.79. The van der Waals surface area contributed by atoms with Crippen molar-refractivity contribution < 1.29 is 48.3 Å². The average Bonchev–Trinajstić information content (AvgIpc) is 2.33.